The van der Waals surface area contributed by atoms with E-state index in [1.54, 1.807) is 24.3 Å². The van der Waals surface area contributed by atoms with E-state index in [4.69, 9.17) is 0 Å². The molecule has 13 heteroatoms. The maximum atomic E-state index is 13.2. The first-order chi connectivity index (χ1) is 19.5. The fourth-order valence-electron chi connectivity index (χ4n) is 5.72. The molecule has 1 unspecified atom stereocenters. The summed E-state index contributed by atoms with van der Waals surface area (Å²) in [4.78, 5) is 74.5. The number of carboxylic acids is 1. The standard InChI is InChI=1S/C29H30N3O8P.Na/c33-25(30-22(29(36)37)13-12-17-6-2-1-3-7-17)23-16-19(26(31-23)41(38,39)40)14-15-32-27(34)20-10-4-8-18-9-5-11-21(24(18)20)28(32)35;/h1-11,19,22-23,26,31H,12-16H2,(H,30,33)(H,36,37)(H2,38,39,40);/q;+1/p-1/t19-,22+,23+,26-;/m1./s1. The molecule has 0 aromatic heterocycles. The largest absolute Gasteiger partial charge is 1.00 e. The van der Waals surface area contributed by atoms with Crippen LogP contribution in [0.3, 0.4) is 0 Å². The van der Waals surface area contributed by atoms with Crippen molar-refractivity contribution < 1.29 is 68.2 Å². The number of carbonyl (C=O) groups is 4. The molecule has 5 rings (SSSR count). The van der Waals surface area contributed by atoms with E-state index in [1.165, 1.54) is 0 Å². The van der Waals surface area contributed by atoms with Crippen molar-refractivity contribution in [2.24, 2.45) is 5.92 Å². The maximum Gasteiger partial charge on any atom is 1.00 e. The fraction of sp³-hybridized carbons (Fsp3) is 0.310. The second-order valence-corrected chi connectivity index (χ2v) is 12.1. The number of nitrogens with zero attached hydrogens (tertiary/aromatic N) is 1. The summed E-state index contributed by atoms with van der Waals surface area (Å²) in [6.07, 6.45) is 0.484. The Morgan fingerprint density at radius 2 is 1.64 bits per heavy atom. The van der Waals surface area contributed by atoms with Gasteiger partial charge in [-0.1, -0.05) is 54.6 Å². The van der Waals surface area contributed by atoms with Gasteiger partial charge in [-0.15, -0.1) is 0 Å². The van der Waals surface area contributed by atoms with Gasteiger partial charge in [-0.3, -0.25) is 24.6 Å². The van der Waals surface area contributed by atoms with Crippen LogP contribution in [0.2, 0.25) is 0 Å². The number of carbonyl (C=O) groups excluding carboxylic acids is 3. The molecule has 0 spiro atoms. The third-order valence-electron chi connectivity index (χ3n) is 7.78. The van der Waals surface area contributed by atoms with E-state index < -0.39 is 55.1 Å². The number of imide groups is 1. The van der Waals surface area contributed by atoms with E-state index in [-0.39, 0.29) is 55.4 Å². The summed E-state index contributed by atoms with van der Waals surface area (Å²) >= 11 is 0. The van der Waals surface area contributed by atoms with E-state index in [0.29, 0.717) is 22.9 Å². The van der Waals surface area contributed by atoms with E-state index >= 15 is 0 Å². The number of amides is 3. The minimum absolute atomic E-state index is 0. The van der Waals surface area contributed by atoms with Crippen LogP contribution in [0.5, 0.6) is 0 Å². The van der Waals surface area contributed by atoms with Crippen LogP contribution in [0.4, 0.5) is 0 Å². The summed E-state index contributed by atoms with van der Waals surface area (Å²) in [5.74, 6) is -5.27. The van der Waals surface area contributed by atoms with Crippen molar-refractivity contribution in [3.8, 4) is 0 Å². The molecule has 42 heavy (non-hydrogen) atoms. The van der Waals surface area contributed by atoms with Crippen LogP contribution in [-0.4, -0.2) is 63.0 Å². The molecule has 214 valence electrons. The molecule has 11 nitrogen and oxygen atoms in total. The van der Waals surface area contributed by atoms with E-state index in [2.05, 4.69) is 10.6 Å². The van der Waals surface area contributed by atoms with E-state index in [9.17, 15) is 38.6 Å². The van der Waals surface area contributed by atoms with Gasteiger partial charge >= 0.3 is 35.5 Å². The third kappa shape index (κ3) is 6.68. The number of rotatable bonds is 10. The summed E-state index contributed by atoms with van der Waals surface area (Å²) in [6.45, 7) is -0.131. The fourth-order valence-corrected chi connectivity index (χ4v) is 6.90. The van der Waals surface area contributed by atoms with Gasteiger partial charge in [0.05, 0.1) is 11.8 Å². The summed E-state index contributed by atoms with van der Waals surface area (Å²) in [6, 6.07) is 17.2. The van der Waals surface area contributed by atoms with Gasteiger partial charge in [-0.2, -0.15) is 0 Å². The van der Waals surface area contributed by atoms with Crippen LogP contribution in [0.15, 0.2) is 66.7 Å². The van der Waals surface area contributed by atoms with Crippen molar-refractivity contribution >= 4 is 42.1 Å². The Morgan fingerprint density at radius 3 is 2.21 bits per heavy atom. The van der Waals surface area contributed by atoms with Crippen molar-refractivity contribution in [2.45, 2.75) is 43.5 Å². The summed E-state index contributed by atoms with van der Waals surface area (Å²) < 4.78 is 12.2. The van der Waals surface area contributed by atoms with Crippen LogP contribution in [0.1, 0.15) is 45.5 Å². The molecule has 0 radical (unpaired) electrons. The molecule has 5 atom stereocenters. The Kier molecular flexibility index (Phi) is 10.1. The molecule has 1 fully saturated rings. The molecule has 2 heterocycles. The molecular formula is C29H29N3NaO8P. The number of hydrogen-bond acceptors (Lipinski definition) is 7. The number of nitrogens with one attached hydrogen (secondary N) is 2. The Bertz CT molecular complexity index is 1510. The quantitative estimate of drug-likeness (QED) is 0.127. The number of benzene rings is 3. The smallest absolute Gasteiger partial charge is 0.778 e. The molecule has 3 amide bonds. The number of carboxylic acid groups (broad SMARTS) is 1. The first-order valence-corrected chi connectivity index (χ1v) is 14.9. The average molecular weight is 602 g/mol. The molecule has 2 aliphatic heterocycles. The molecule has 1 saturated heterocycles. The first-order valence-electron chi connectivity index (χ1n) is 13.3. The molecular weight excluding hydrogens is 572 g/mol. The van der Waals surface area contributed by atoms with Gasteiger partial charge in [0.25, 0.3) is 11.8 Å². The minimum Gasteiger partial charge on any atom is -0.778 e. The van der Waals surface area contributed by atoms with E-state index in [1.807, 2.05) is 42.5 Å². The van der Waals surface area contributed by atoms with Gasteiger partial charge in [0.2, 0.25) is 5.91 Å². The predicted molar refractivity (Wildman–Crippen MR) is 147 cm³/mol. The monoisotopic (exact) mass is 601 g/mol. The number of hydrogen-bond donors (Lipinski definition) is 4. The molecule has 2 aliphatic rings. The summed E-state index contributed by atoms with van der Waals surface area (Å²) in [5.41, 5.74) is 1.63. The SMILES string of the molecule is O=C(O)[C@H](CCc1ccccc1)NC(=O)[C@@H]1C[C@@H](CCN2C(=O)c3cccc4cccc(c34)C2=O)[C@@H](P(=O)([O-])O)N1.[Na+]. The molecule has 3 aromatic carbocycles. The predicted octanol–water partition coefficient (Wildman–Crippen LogP) is -1.12. The Labute approximate surface area is 264 Å². The molecule has 0 aliphatic carbocycles. The van der Waals surface area contributed by atoms with Gasteiger partial charge in [0.15, 0.2) is 0 Å². The van der Waals surface area contributed by atoms with Crippen LogP contribution in [-0.2, 0) is 20.6 Å². The van der Waals surface area contributed by atoms with Crippen molar-refractivity contribution in [3.05, 3.63) is 83.4 Å². The third-order valence-corrected chi connectivity index (χ3v) is 9.06. The van der Waals surface area contributed by atoms with Crippen LogP contribution in [0.25, 0.3) is 10.8 Å². The second-order valence-electron chi connectivity index (χ2n) is 10.4. The van der Waals surface area contributed by atoms with Crippen LogP contribution in [0, 0.1) is 5.92 Å². The molecule has 3 aromatic rings. The summed E-state index contributed by atoms with van der Waals surface area (Å²) in [7, 11) is -4.99. The first kappa shape index (κ1) is 32.0. The van der Waals surface area contributed by atoms with Crippen molar-refractivity contribution in [2.75, 3.05) is 6.54 Å². The van der Waals surface area contributed by atoms with Gasteiger partial charge in [-0.25, -0.2) is 4.79 Å². The Balaban J connectivity index is 0.00000405. The van der Waals surface area contributed by atoms with Crippen molar-refractivity contribution in [3.63, 3.8) is 0 Å². The minimum atomic E-state index is -4.99. The van der Waals surface area contributed by atoms with Gasteiger partial charge < -0.3 is 24.8 Å². The van der Waals surface area contributed by atoms with Gasteiger partial charge in [0, 0.05) is 23.1 Å². The number of aryl methyl sites for hydroxylation is 1. The van der Waals surface area contributed by atoms with Crippen LogP contribution < -0.4 is 45.1 Å². The normalized spacial score (nSPS) is 21.9. The molecule has 0 bridgehead atoms. The van der Waals surface area contributed by atoms with Crippen molar-refractivity contribution in [1.29, 1.82) is 0 Å². The number of aliphatic carboxylic acids is 1. The Hall–Kier alpha value is -2.89. The zero-order valence-electron chi connectivity index (χ0n) is 22.9. The Morgan fingerprint density at radius 1 is 1.02 bits per heavy atom. The summed E-state index contributed by atoms with van der Waals surface area (Å²) in [5, 5.41) is 16.1. The van der Waals surface area contributed by atoms with Gasteiger partial charge in [0.1, 0.15) is 13.6 Å². The zero-order chi connectivity index (χ0) is 29.3. The zero-order valence-corrected chi connectivity index (χ0v) is 25.8. The van der Waals surface area contributed by atoms with E-state index in [0.717, 1.165) is 15.8 Å². The van der Waals surface area contributed by atoms with Crippen molar-refractivity contribution in [1.82, 2.24) is 15.5 Å². The second kappa shape index (κ2) is 13.2. The van der Waals surface area contributed by atoms with Gasteiger partial charge in [-0.05, 0) is 54.7 Å². The molecule has 4 N–H and O–H groups in total. The molecule has 0 saturated carbocycles. The topological polar surface area (TPSA) is 176 Å². The van der Waals surface area contributed by atoms with Crippen LogP contribution >= 0.6 is 7.60 Å². The maximum absolute atomic E-state index is 13.2. The average Bonchev–Trinajstić information content (AvgIpc) is 3.39.